The van der Waals surface area contributed by atoms with E-state index in [4.69, 9.17) is 18.4 Å². The molecule has 136 valence electrons. The highest BCUT2D eigenvalue weighted by Gasteiger charge is 2.29. The second kappa shape index (κ2) is 7.41. The first-order valence-electron chi connectivity index (χ1n) is 8.44. The molecule has 7 nitrogen and oxygen atoms in total. The van der Waals surface area contributed by atoms with Gasteiger partial charge in [-0.25, -0.2) is 0 Å². The molecule has 2 aromatic rings. The Morgan fingerprint density at radius 1 is 1.32 bits per heavy atom. The maximum atomic E-state index is 12.5. The average molecular weight is 348 g/mol. The molecular formula is C18H24N2O5. The standard InChI is InChI=1S/C18H24N2O5/c1-10-7-14(12(3)24-10)18(21)19-16-5-6-22-9-17(16)23-8-15-11(2)20-25-13(15)4/h7,16-17H,5-6,8-9H2,1-4H3,(H,19,21)/t16-,17-/m1/s1. The van der Waals surface area contributed by atoms with Crippen molar-refractivity contribution in [1.82, 2.24) is 10.5 Å². The topological polar surface area (TPSA) is 86.7 Å². The van der Waals surface area contributed by atoms with Gasteiger partial charge in [0, 0.05) is 12.2 Å². The van der Waals surface area contributed by atoms with Gasteiger partial charge in [0.25, 0.3) is 5.91 Å². The second-order valence-electron chi connectivity index (χ2n) is 6.42. The molecule has 0 bridgehead atoms. The summed E-state index contributed by atoms with van der Waals surface area (Å²) in [5, 5.41) is 6.99. The molecule has 1 saturated heterocycles. The van der Waals surface area contributed by atoms with E-state index in [1.807, 2.05) is 20.8 Å². The first-order chi connectivity index (χ1) is 12.0. The van der Waals surface area contributed by atoms with E-state index in [1.54, 1.807) is 13.0 Å². The first kappa shape index (κ1) is 17.7. The quantitative estimate of drug-likeness (QED) is 0.894. The smallest absolute Gasteiger partial charge is 0.255 e. The van der Waals surface area contributed by atoms with Gasteiger partial charge in [0.15, 0.2) is 0 Å². The molecule has 25 heavy (non-hydrogen) atoms. The Morgan fingerprint density at radius 3 is 2.76 bits per heavy atom. The number of ether oxygens (including phenoxy) is 2. The number of nitrogens with zero attached hydrogens (tertiary/aromatic N) is 1. The number of nitrogens with one attached hydrogen (secondary N) is 1. The molecule has 7 heteroatoms. The summed E-state index contributed by atoms with van der Waals surface area (Å²) in [6.07, 6.45) is 0.480. The second-order valence-corrected chi connectivity index (χ2v) is 6.42. The highest BCUT2D eigenvalue weighted by atomic mass is 16.5. The van der Waals surface area contributed by atoms with Crippen LogP contribution in [0.2, 0.25) is 0 Å². The number of hydrogen-bond acceptors (Lipinski definition) is 6. The van der Waals surface area contributed by atoms with Gasteiger partial charge in [-0.05, 0) is 40.2 Å². The van der Waals surface area contributed by atoms with Crippen LogP contribution in [0.15, 0.2) is 15.0 Å². The summed E-state index contributed by atoms with van der Waals surface area (Å²) < 4.78 is 22.1. The molecule has 3 rings (SSSR count). The van der Waals surface area contributed by atoms with E-state index in [0.29, 0.717) is 37.6 Å². The van der Waals surface area contributed by atoms with Crippen molar-refractivity contribution < 1.29 is 23.2 Å². The molecule has 0 radical (unpaired) electrons. The maximum absolute atomic E-state index is 12.5. The third-order valence-corrected chi connectivity index (χ3v) is 4.53. The monoisotopic (exact) mass is 348 g/mol. The summed E-state index contributed by atoms with van der Waals surface area (Å²) in [6.45, 7) is 8.78. The van der Waals surface area contributed by atoms with Gasteiger partial charge in [0.05, 0.1) is 30.5 Å². The van der Waals surface area contributed by atoms with Crippen molar-refractivity contribution in [3.63, 3.8) is 0 Å². The number of furan rings is 1. The number of aromatic nitrogens is 1. The first-order valence-corrected chi connectivity index (χ1v) is 8.44. The molecule has 1 N–H and O–H groups in total. The molecule has 1 amide bonds. The SMILES string of the molecule is Cc1cc(C(=O)N[C@@H]2CCOC[C@H]2OCc2c(C)noc2C)c(C)o1. The predicted octanol–water partition coefficient (Wildman–Crippen LogP) is 2.61. The number of aryl methyl sites for hydroxylation is 4. The van der Waals surface area contributed by atoms with Crippen LogP contribution in [0.25, 0.3) is 0 Å². The van der Waals surface area contributed by atoms with Crippen molar-refractivity contribution in [1.29, 1.82) is 0 Å². The zero-order valence-corrected chi connectivity index (χ0v) is 15.0. The molecule has 1 fully saturated rings. The largest absolute Gasteiger partial charge is 0.466 e. The minimum atomic E-state index is -0.222. The van der Waals surface area contributed by atoms with E-state index in [2.05, 4.69) is 10.5 Å². The number of carbonyl (C=O) groups excluding carboxylic acids is 1. The van der Waals surface area contributed by atoms with E-state index >= 15 is 0 Å². The molecular weight excluding hydrogens is 324 g/mol. The molecule has 2 aromatic heterocycles. The Labute approximate surface area is 146 Å². The third-order valence-electron chi connectivity index (χ3n) is 4.53. The van der Waals surface area contributed by atoms with E-state index < -0.39 is 0 Å². The Bertz CT molecular complexity index is 729. The van der Waals surface area contributed by atoms with Crippen molar-refractivity contribution >= 4 is 5.91 Å². The van der Waals surface area contributed by atoms with E-state index in [1.165, 1.54) is 0 Å². The van der Waals surface area contributed by atoms with Gasteiger partial charge < -0.3 is 23.7 Å². The van der Waals surface area contributed by atoms with Crippen LogP contribution in [0.1, 0.15) is 45.3 Å². The molecule has 1 aliphatic heterocycles. The molecule has 2 atom stereocenters. The summed E-state index contributed by atoms with van der Waals surface area (Å²) in [5.74, 6) is 1.95. The normalized spacial score (nSPS) is 20.6. The van der Waals surface area contributed by atoms with Crippen molar-refractivity contribution in [3.05, 3.63) is 40.2 Å². The maximum Gasteiger partial charge on any atom is 0.255 e. The van der Waals surface area contributed by atoms with Crippen LogP contribution in [0, 0.1) is 27.7 Å². The van der Waals surface area contributed by atoms with Gasteiger partial charge in [-0.1, -0.05) is 5.16 Å². The van der Waals surface area contributed by atoms with Crippen molar-refractivity contribution in [2.24, 2.45) is 0 Å². The Hall–Kier alpha value is -2.12. The van der Waals surface area contributed by atoms with E-state index in [-0.39, 0.29) is 18.1 Å². The van der Waals surface area contributed by atoms with Crippen molar-refractivity contribution in [2.75, 3.05) is 13.2 Å². The lowest BCUT2D eigenvalue weighted by Gasteiger charge is -2.32. The minimum Gasteiger partial charge on any atom is -0.466 e. The van der Waals surface area contributed by atoms with Crippen LogP contribution < -0.4 is 5.32 Å². The van der Waals surface area contributed by atoms with Crippen molar-refractivity contribution in [3.8, 4) is 0 Å². The Kier molecular flexibility index (Phi) is 5.24. The predicted molar refractivity (Wildman–Crippen MR) is 89.4 cm³/mol. The fourth-order valence-corrected chi connectivity index (χ4v) is 3.04. The summed E-state index contributed by atoms with van der Waals surface area (Å²) in [5.41, 5.74) is 2.32. The molecule has 0 unspecified atom stereocenters. The zero-order valence-electron chi connectivity index (χ0n) is 15.0. The highest BCUT2D eigenvalue weighted by Crippen LogP contribution is 2.19. The number of amides is 1. The summed E-state index contributed by atoms with van der Waals surface area (Å²) >= 11 is 0. The summed E-state index contributed by atoms with van der Waals surface area (Å²) in [4.78, 5) is 12.5. The van der Waals surface area contributed by atoms with Crippen LogP contribution in [0.3, 0.4) is 0 Å². The highest BCUT2D eigenvalue weighted by molar-refractivity contribution is 5.95. The van der Waals surface area contributed by atoms with Crippen molar-refractivity contribution in [2.45, 2.75) is 52.9 Å². The van der Waals surface area contributed by atoms with E-state index in [9.17, 15) is 4.79 Å². The lowest BCUT2D eigenvalue weighted by Crippen LogP contribution is -2.50. The fraction of sp³-hybridized carbons (Fsp3) is 0.556. The lowest BCUT2D eigenvalue weighted by molar-refractivity contribution is -0.0739. The fourth-order valence-electron chi connectivity index (χ4n) is 3.04. The molecule has 0 spiro atoms. The average Bonchev–Trinajstić information content (AvgIpc) is 3.08. The van der Waals surface area contributed by atoms with Crippen LogP contribution >= 0.6 is 0 Å². The lowest BCUT2D eigenvalue weighted by atomic mass is 10.0. The van der Waals surface area contributed by atoms with Gasteiger partial charge >= 0.3 is 0 Å². The van der Waals surface area contributed by atoms with Gasteiger partial charge in [-0.2, -0.15) is 0 Å². The molecule has 0 saturated carbocycles. The minimum absolute atomic E-state index is 0.115. The molecule has 3 heterocycles. The Morgan fingerprint density at radius 2 is 2.12 bits per heavy atom. The Balaban J connectivity index is 1.64. The number of rotatable bonds is 5. The van der Waals surface area contributed by atoms with Crippen LogP contribution in [-0.2, 0) is 16.1 Å². The number of hydrogen-bond donors (Lipinski definition) is 1. The third kappa shape index (κ3) is 3.93. The van der Waals surface area contributed by atoms with Gasteiger partial charge in [-0.3, -0.25) is 4.79 Å². The van der Waals surface area contributed by atoms with Crippen LogP contribution in [-0.4, -0.2) is 36.4 Å². The van der Waals surface area contributed by atoms with Crippen LogP contribution in [0.4, 0.5) is 0 Å². The molecule has 1 aliphatic rings. The zero-order chi connectivity index (χ0) is 18.0. The van der Waals surface area contributed by atoms with Gasteiger partial charge in [-0.15, -0.1) is 0 Å². The summed E-state index contributed by atoms with van der Waals surface area (Å²) in [7, 11) is 0. The van der Waals surface area contributed by atoms with Gasteiger partial charge in [0.2, 0.25) is 0 Å². The summed E-state index contributed by atoms with van der Waals surface area (Å²) in [6, 6.07) is 1.64. The molecule has 0 aromatic carbocycles. The molecule has 0 aliphatic carbocycles. The van der Waals surface area contributed by atoms with E-state index in [0.717, 1.165) is 22.8 Å². The number of carbonyl (C=O) groups is 1. The van der Waals surface area contributed by atoms with Crippen LogP contribution in [0.5, 0.6) is 0 Å². The van der Waals surface area contributed by atoms with Gasteiger partial charge in [0.1, 0.15) is 23.4 Å².